The van der Waals surface area contributed by atoms with Crippen LogP contribution in [0.5, 0.6) is 0 Å². The number of ketones is 1. The number of rotatable bonds is 8. The van der Waals surface area contributed by atoms with Crippen LogP contribution in [-0.4, -0.2) is 47.2 Å². The van der Waals surface area contributed by atoms with Gasteiger partial charge in [-0.15, -0.1) is 0 Å². The SMILES string of the molecule is O=C(CCc1cc(-c2ccc(C3CC3)cc2)ncn1)[C@@H]1C[C@@H](F)CN1S(=O)(=O)c1ccc(F)cc1. The van der Waals surface area contributed by atoms with Crippen molar-refractivity contribution in [1.29, 1.82) is 0 Å². The standard InChI is InChI=1S/C26H25F2N3O3S/c27-20-7-10-23(11-8-20)35(33,34)31-15-21(28)13-25(31)26(32)12-9-22-14-24(30-16-29-22)19-5-3-18(4-6-19)17-1-2-17/h3-8,10-11,14,16-17,21,25H,1-2,9,12-13,15H2/t21-,25+/m1/s1. The molecule has 0 amide bonds. The number of aryl methyl sites for hydroxylation is 1. The Kier molecular flexibility index (Phi) is 6.46. The normalized spacial score (nSPS) is 20.7. The molecule has 6 nitrogen and oxygen atoms in total. The maximum atomic E-state index is 14.2. The van der Waals surface area contributed by atoms with E-state index in [1.807, 2.05) is 18.2 Å². The van der Waals surface area contributed by atoms with Crippen LogP contribution in [0.3, 0.4) is 0 Å². The highest BCUT2D eigenvalue weighted by atomic mass is 32.2. The molecule has 0 N–H and O–H groups in total. The smallest absolute Gasteiger partial charge is 0.243 e. The summed E-state index contributed by atoms with van der Waals surface area (Å²) in [5.74, 6) is -0.281. The zero-order chi connectivity index (χ0) is 24.6. The molecule has 35 heavy (non-hydrogen) atoms. The summed E-state index contributed by atoms with van der Waals surface area (Å²) in [6.07, 6.45) is 2.58. The van der Waals surface area contributed by atoms with Gasteiger partial charge in [-0.05, 0) is 61.1 Å². The number of aromatic nitrogens is 2. The first-order chi connectivity index (χ1) is 16.8. The molecule has 9 heteroatoms. The van der Waals surface area contributed by atoms with Gasteiger partial charge in [-0.1, -0.05) is 24.3 Å². The fourth-order valence-corrected chi connectivity index (χ4v) is 6.16. The predicted molar refractivity (Wildman–Crippen MR) is 126 cm³/mol. The van der Waals surface area contributed by atoms with Gasteiger partial charge in [0.2, 0.25) is 10.0 Å². The highest BCUT2D eigenvalue weighted by molar-refractivity contribution is 7.89. The third-order valence-electron chi connectivity index (χ3n) is 6.60. The summed E-state index contributed by atoms with van der Waals surface area (Å²) in [6.45, 7) is -0.398. The van der Waals surface area contributed by atoms with Crippen LogP contribution in [0.25, 0.3) is 11.3 Å². The maximum absolute atomic E-state index is 14.2. The van der Waals surface area contributed by atoms with Gasteiger partial charge in [0, 0.05) is 30.6 Å². The maximum Gasteiger partial charge on any atom is 0.243 e. The highest BCUT2D eigenvalue weighted by Gasteiger charge is 2.43. The number of benzene rings is 2. The second kappa shape index (κ2) is 9.54. The summed E-state index contributed by atoms with van der Waals surface area (Å²) in [7, 11) is -4.13. The van der Waals surface area contributed by atoms with Crippen LogP contribution in [0, 0.1) is 5.82 Å². The van der Waals surface area contributed by atoms with Gasteiger partial charge in [0.05, 0.1) is 16.6 Å². The molecule has 1 aliphatic carbocycles. The van der Waals surface area contributed by atoms with Crippen molar-refractivity contribution in [2.75, 3.05) is 6.54 Å². The minimum absolute atomic E-state index is 0.0178. The molecular weight excluding hydrogens is 472 g/mol. The average molecular weight is 498 g/mol. The van der Waals surface area contributed by atoms with Gasteiger partial charge in [-0.3, -0.25) is 4.79 Å². The fraction of sp³-hybridized carbons (Fsp3) is 0.346. The number of hydrogen-bond acceptors (Lipinski definition) is 5. The monoisotopic (exact) mass is 497 g/mol. The number of Topliss-reactive ketones (excluding diaryl/α,β-unsaturated/α-hetero) is 1. The molecule has 3 aromatic rings. The number of halogens is 2. The highest BCUT2D eigenvalue weighted by Crippen LogP contribution is 2.40. The molecule has 1 aromatic heterocycles. The Labute approximate surface area is 203 Å². The lowest BCUT2D eigenvalue weighted by Crippen LogP contribution is -2.40. The van der Waals surface area contributed by atoms with E-state index in [0.717, 1.165) is 39.8 Å². The molecule has 0 bridgehead atoms. The van der Waals surface area contributed by atoms with Crippen LogP contribution in [0.15, 0.2) is 65.8 Å². The molecule has 1 saturated carbocycles. The first kappa shape index (κ1) is 23.7. The van der Waals surface area contributed by atoms with Crippen molar-refractivity contribution in [1.82, 2.24) is 14.3 Å². The van der Waals surface area contributed by atoms with Gasteiger partial charge in [-0.2, -0.15) is 4.31 Å². The van der Waals surface area contributed by atoms with Crippen molar-refractivity contribution in [3.05, 3.63) is 78.0 Å². The van der Waals surface area contributed by atoms with Gasteiger partial charge < -0.3 is 0 Å². The number of nitrogens with zero attached hydrogens (tertiary/aromatic N) is 3. The zero-order valence-corrected chi connectivity index (χ0v) is 19.8. The van der Waals surface area contributed by atoms with Crippen molar-refractivity contribution < 1.29 is 22.0 Å². The lowest BCUT2D eigenvalue weighted by atomic mass is 10.0. The molecule has 1 aliphatic heterocycles. The van der Waals surface area contributed by atoms with Gasteiger partial charge in [0.25, 0.3) is 0 Å². The first-order valence-corrected chi connectivity index (χ1v) is 13.1. The Bertz CT molecular complexity index is 1330. The second-order valence-electron chi connectivity index (χ2n) is 9.13. The van der Waals surface area contributed by atoms with Crippen LogP contribution in [0.2, 0.25) is 0 Å². The van der Waals surface area contributed by atoms with Gasteiger partial charge in [-0.25, -0.2) is 27.2 Å². The summed E-state index contributed by atoms with van der Waals surface area (Å²) < 4.78 is 54.4. The van der Waals surface area contributed by atoms with Gasteiger partial charge >= 0.3 is 0 Å². The average Bonchev–Trinajstić information content (AvgIpc) is 3.64. The minimum atomic E-state index is -4.13. The van der Waals surface area contributed by atoms with Crippen LogP contribution in [0.1, 0.15) is 42.9 Å². The summed E-state index contributed by atoms with van der Waals surface area (Å²) in [4.78, 5) is 21.4. The Morgan fingerprint density at radius 3 is 2.43 bits per heavy atom. The molecule has 2 heterocycles. The predicted octanol–water partition coefficient (Wildman–Crippen LogP) is 4.46. The van der Waals surface area contributed by atoms with Gasteiger partial charge in [0.1, 0.15) is 18.3 Å². The molecule has 0 unspecified atom stereocenters. The lowest BCUT2D eigenvalue weighted by molar-refractivity contribution is -0.122. The number of carbonyl (C=O) groups excluding carboxylic acids is 1. The molecule has 182 valence electrons. The molecule has 0 radical (unpaired) electrons. The van der Waals surface area contributed by atoms with E-state index in [1.54, 1.807) is 0 Å². The first-order valence-electron chi connectivity index (χ1n) is 11.7. The van der Waals surface area contributed by atoms with Crippen molar-refractivity contribution in [3.63, 3.8) is 0 Å². The van der Waals surface area contributed by atoms with E-state index in [9.17, 15) is 22.0 Å². The minimum Gasteiger partial charge on any atom is -0.298 e. The Morgan fingerprint density at radius 1 is 1.03 bits per heavy atom. The summed E-state index contributed by atoms with van der Waals surface area (Å²) >= 11 is 0. The molecule has 0 spiro atoms. The summed E-state index contributed by atoms with van der Waals surface area (Å²) in [5, 5.41) is 0. The molecule has 2 fully saturated rings. The largest absolute Gasteiger partial charge is 0.298 e. The summed E-state index contributed by atoms with van der Waals surface area (Å²) in [6, 6.07) is 13.3. The Balaban J connectivity index is 1.27. The van der Waals surface area contributed by atoms with E-state index in [4.69, 9.17) is 0 Å². The number of hydrogen-bond donors (Lipinski definition) is 0. The van der Waals surface area contributed by atoms with Crippen LogP contribution < -0.4 is 0 Å². The summed E-state index contributed by atoms with van der Waals surface area (Å²) in [5.41, 5.74) is 3.68. The van der Waals surface area contributed by atoms with E-state index in [-0.39, 0.29) is 29.9 Å². The molecular formula is C26H25F2N3O3S. The lowest BCUT2D eigenvalue weighted by Gasteiger charge is -2.22. The van der Waals surface area contributed by atoms with E-state index >= 15 is 0 Å². The topological polar surface area (TPSA) is 80.2 Å². The molecule has 2 atom stereocenters. The van der Waals surface area contributed by atoms with Crippen LogP contribution in [-0.2, 0) is 21.2 Å². The van der Waals surface area contributed by atoms with E-state index in [2.05, 4.69) is 22.1 Å². The van der Waals surface area contributed by atoms with E-state index < -0.39 is 34.6 Å². The van der Waals surface area contributed by atoms with E-state index in [1.165, 1.54) is 24.7 Å². The molecule has 2 aliphatic rings. The van der Waals surface area contributed by atoms with Crippen molar-refractivity contribution in [2.45, 2.75) is 55.1 Å². The Morgan fingerprint density at radius 2 is 1.74 bits per heavy atom. The third-order valence-corrected chi connectivity index (χ3v) is 8.49. The van der Waals surface area contributed by atoms with E-state index in [0.29, 0.717) is 11.6 Å². The van der Waals surface area contributed by atoms with Crippen molar-refractivity contribution >= 4 is 15.8 Å². The quantitative estimate of drug-likeness (QED) is 0.459. The van der Waals surface area contributed by atoms with Crippen molar-refractivity contribution in [3.8, 4) is 11.3 Å². The number of alkyl halides is 1. The molecule has 1 saturated heterocycles. The number of carbonyl (C=O) groups is 1. The zero-order valence-electron chi connectivity index (χ0n) is 19.0. The molecule has 2 aromatic carbocycles. The van der Waals surface area contributed by atoms with Crippen LogP contribution in [0.4, 0.5) is 8.78 Å². The van der Waals surface area contributed by atoms with Crippen molar-refractivity contribution in [2.24, 2.45) is 0 Å². The number of sulfonamides is 1. The van der Waals surface area contributed by atoms with Crippen LogP contribution >= 0.6 is 0 Å². The Hall–Kier alpha value is -3.04. The fourth-order valence-electron chi connectivity index (χ4n) is 4.51. The molecule has 5 rings (SSSR count). The third kappa shape index (κ3) is 5.16. The van der Waals surface area contributed by atoms with Gasteiger partial charge in [0.15, 0.2) is 5.78 Å². The second-order valence-corrected chi connectivity index (χ2v) is 11.0.